The van der Waals surface area contributed by atoms with Crippen LogP contribution in [0.5, 0.6) is 0 Å². The Morgan fingerprint density at radius 3 is 1.29 bits per heavy atom. The number of rotatable bonds is 5. The second kappa shape index (κ2) is 7.11. The molecule has 0 aromatic rings. The van der Waals surface area contributed by atoms with Crippen molar-refractivity contribution in [3.05, 3.63) is 6.92 Å². The first-order valence-electron chi connectivity index (χ1n) is 5.32. The van der Waals surface area contributed by atoms with Crippen molar-refractivity contribution in [1.29, 1.82) is 0 Å². The summed E-state index contributed by atoms with van der Waals surface area (Å²) in [5, 5.41) is 0. The molecule has 0 aliphatic heterocycles. The molecule has 0 saturated heterocycles. The van der Waals surface area contributed by atoms with E-state index in [4.69, 9.17) is 4.43 Å². The van der Waals surface area contributed by atoms with Gasteiger partial charge in [0.25, 0.3) is 0 Å². The van der Waals surface area contributed by atoms with Gasteiger partial charge in [-0.25, -0.2) is 0 Å². The average Bonchev–Trinajstić information content (AvgIpc) is 1.97. The third-order valence-electron chi connectivity index (χ3n) is 3.06. The van der Waals surface area contributed by atoms with Gasteiger partial charge in [0, 0.05) is 0 Å². The normalized spacial score (nSPS) is 12.4. The first-order chi connectivity index (χ1) is 5.89. The van der Waals surface area contributed by atoms with E-state index in [1.165, 1.54) is 0 Å². The first-order valence-corrected chi connectivity index (χ1v) is 7.46. The Hall–Kier alpha value is 0.774. The molecule has 0 rings (SSSR count). The molecule has 0 heterocycles. The predicted molar refractivity (Wildman–Crippen MR) is 62.4 cm³/mol. The van der Waals surface area contributed by atoms with E-state index in [0.29, 0.717) is 23.2 Å². The fourth-order valence-electron chi connectivity index (χ4n) is 2.68. The van der Waals surface area contributed by atoms with Crippen molar-refractivity contribution in [2.24, 2.45) is 0 Å². The van der Waals surface area contributed by atoms with E-state index in [1.54, 1.807) is 0 Å². The molecule has 14 heavy (non-hydrogen) atoms. The zero-order chi connectivity index (χ0) is 10.6. The van der Waals surface area contributed by atoms with Gasteiger partial charge < -0.3 is 11.3 Å². The summed E-state index contributed by atoms with van der Waals surface area (Å²) in [5.41, 5.74) is 2.03. The molecule has 0 radical (unpaired) electrons. The third kappa shape index (κ3) is 3.41. The smallest absolute Gasteiger partial charge is 0.447 e. The van der Waals surface area contributed by atoms with Crippen LogP contribution in [-0.4, -0.2) is 14.9 Å². The van der Waals surface area contributed by atoms with E-state index in [0.717, 1.165) is 0 Å². The van der Waals surface area contributed by atoms with Crippen molar-refractivity contribution < 1.29 is 23.3 Å². The summed E-state index contributed by atoms with van der Waals surface area (Å²) in [6, 6.07) is 0. The van der Waals surface area contributed by atoms with Crippen molar-refractivity contribution in [3.63, 3.8) is 0 Å². The summed E-state index contributed by atoms with van der Waals surface area (Å²) in [6.07, 6.45) is 0. The Kier molecular flexibility index (Phi) is 8.73. The molecule has 0 aliphatic rings. The molecule has 3 heteroatoms. The molecule has 0 N–H and O–H groups in total. The van der Waals surface area contributed by atoms with Crippen molar-refractivity contribution in [2.75, 3.05) is 6.61 Å². The molecule has 0 fully saturated rings. The SMILES string of the molecule is [CH2-]CO[Si](C(C)C)(C(C)C)C(C)C.[Li+]. The first kappa shape index (κ1) is 17.2. The number of hydrogen-bond acceptors (Lipinski definition) is 1. The van der Waals surface area contributed by atoms with Crippen LogP contribution in [0, 0.1) is 6.92 Å². The van der Waals surface area contributed by atoms with Crippen LogP contribution in [0.1, 0.15) is 41.5 Å². The maximum Gasteiger partial charge on any atom is 1.00 e. The minimum atomic E-state index is -1.59. The Balaban J connectivity index is 0. The van der Waals surface area contributed by atoms with Crippen LogP contribution in [0.15, 0.2) is 0 Å². The van der Waals surface area contributed by atoms with Gasteiger partial charge in [0.1, 0.15) is 0 Å². The summed E-state index contributed by atoms with van der Waals surface area (Å²) in [6.45, 7) is 18.2. The van der Waals surface area contributed by atoms with E-state index >= 15 is 0 Å². The molecule has 0 saturated carbocycles. The summed E-state index contributed by atoms with van der Waals surface area (Å²) in [5.74, 6) is 0. The second-order valence-corrected chi connectivity index (χ2v) is 10.1. The average molecular weight is 208 g/mol. The quantitative estimate of drug-likeness (QED) is 0.484. The van der Waals surface area contributed by atoms with Crippen LogP contribution in [0.2, 0.25) is 16.6 Å². The van der Waals surface area contributed by atoms with Gasteiger partial charge in [-0.3, -0.25) is 0 Å². The summed E-state index contributed by atoms with van der Waals surface area (Å²) < 4.78 is 6.04. The third-order valence-corrected chi connectivity index (χ3v) is 9.18. The van der Waals surface area contributed by atoms with Gasteiger partial charge in [0.15, 0.2) is 8.32 Å². The van der Waals surface area contributed by atoms with E-state index in [9.17, 15) is 0 Å². The maximum atomic E-state index is 6.04. The molecule has 0 atom stereocenters. The topological polar surface area (TPSA) is 9.23 Å². The van der Waals surface area contributed by atoms with Crippen molar-refractivity contribution >= 4 is 8.32 Å². The Labute approximate surface area is 103 Å². The van der Waals surface area contributed by atoms with E-state index in [2.05, 4.69) is 48.5 Å². The monoisotopic (exact) mass is 208 g/mol. The molecular formula is C11H25LiOSi. The largest absolute Gasteiger partial charge is 1.00 e. The molecule has 0 spiro atoms. The summed E-state index contributed by atoms with van der Waals surface area (Å²) in [4.78, 5) is 0. The van der Waals surface area contributed by atoms with E-state index < -0.39 is 8.32 Å². The van der Waals surface area contributed by atoms with Crippen LogP contribution >= 0.6 is 0 Å². The van der Waals surface area contributed by atoms with Crippen LogP contribution < -0.4 is 18.9 Å². The van der Waals surface area contributed by atoms with Crippen molar-refractivity contribution in [3.8, 4) is 0 Å². The molecule has 0 amide bonds. The van der Waals surface area contributed by atoms with Gasteiger partial charge in [-0.1, -0.05) is 48.1 Å². The van der Waals surface area contributed by atoms with Crippen LogP contribution in [0.3, 0.4) is 0 Å². The Bertz CT molecular complexity index is 124. The number of hydrogen-bond donors (Lipinski definition) is 0. The molecule has 0 unspecified atom stereocenters. The van der Waals surface area contributed by atoms with Gasteiger partial charge in [0.2, 0.25) is 0 Å². The second-order valence-electron chi connectivity index (χ2n) is 4.67. The molecular weight excluding hydrogens is 183 g/mol. The van der Waals surface area contributed by atoms with Crippen LogP contribution in [0.25, 0.3) is 0 Å². The van der Waals surface area contributed by atoms with E-state index in [1.807, 2.05) is 0 Å². The van der Waals surface area contributed by atoms with Crippen LogP contribution in [0.4, 0.5) is 0 Å². The molecule has 1 nitrogen and oxygen atoms in total. The molecule has 0 aromatic carbocycles. The molecule has 0 aliphatic carbocycles. The zero-order valence-corrected chi connectivity index (χ0v) is 12.1. The fourth-order valence-corrected chi connectivity index (χ4v) is 8.03. The van der Waals surface area contributed by atoms with Gasteiger partial charge in [-0.15, -0.1) is 0 Å². The predicted octanol–water partition coefficient (Wildman–Crippen LogP) is 1.02. The molecule has 0 aromatic heterocycles. The zero-order valence-electron chi connectivity index (χ0n) is 11.1. The Morgan fingerprint density at radius 2 is 1.21 bits per heavy atom. The molecule has 80 valence electrons. The maximum absolute atomic E-state index is 6.04. The van der Waals surface area contributed by atoms with Crippen molar-refractivity contribution in [2.45, 2.75) is 58.2 Å². The van der Waals surface area contributed by atoms with Crippen LogP contribution in [-0.2, 0) is 4.43 Å². The fraction of sp³-hybridized carbons (Fsp3) is 0.909. The van der Waals surface area contributed by atoms with Gasteiger partial charge in [-0.05, 0) is 16.6 Å². The minimum Gasteiger partial charge on any atom is -0.447 e. The Morgan fingerprint density at radius 1 is 0.929 bits per heavy atom. The van der Waals surface area contributed by atoms with Gasteiger partial charge in [0.05, 0.1) is 0 Å². The summed E-state index contributed by atoms with van der Waals surface area (Å²) >= 11 is 0. The minimum absolute atomic E-state index is 0. The summed E-state index contributed by atoms with van der Waals surface area (Å²) in [7, 11) is -1.59. The standard InChI is InChI=1S/C11H25OSi.Li/c1-8-12-13(9(2)3,10(4)5)11(6)7;/h9-11H,1,8H2,2-7H3;/q-1;+1. The van der Waals surface area contributed by atoms with E-state index in [-0.39, 0.29) is 18.9 Å². The van der Waals surface area contributed by atoms with Gasteiger partial charge >= 0.3 is 18.9 Å². The van der Waals surface area contributed by atoms with Gasteiger partial charge in [-0.2, -0.15) is 0 Å². The molecule has 0 bridgehead atoms. The van der Waals surface area contributed by atoms with Crippen molar-refractivity contribution in [1.82, 2.24) is 0 Å².